The lowest BCUT2D eigenvalue weighted by Crippen LogP contribution is -2.24. The summed E-state index contributed by atoms with van der Waals surface area (Å²) in [5.74, 6) is 0.688. The quantitative estimate of drug-likeness (QED) is 0.180. The molecular formula is C43H29N3S. The normalized spacial score (nSPS) is 13.8. The fourth-order valence-corrected chi connectivity index (χ4v) is 9.48. The molecule has 0 aliphatic carbocycles. The van der Waals surface area contributed by atoms with E-state index < -0.39 is 0 Å². The first-order valence-corrected chi connectivity index (χ1v) is 16.9. The van der Waals surface area contributed by atoms with Gasteiger partial charge in [-0.1, -0.05) is 147 Å². The van der Waals surface area contributed by atoms with Gasteiger partial charge in [0.05, 0.1) is 22.2 Å². The SMILES string of the molecule is CC1(C)c2ccccc2Sc2c1c1ccccc1c1c3ccccc3n(-c3nc(-c4ccccc4)c4c(ccc5ccccc54)n3)c21. The van der Waals surface area contributed by atoms with Crippen LogP contribution in [0, 0.1) is 0 Å². The second-order valence-electron chi connectivity index (χ2n) is 13.0. The van der Waals surface area contributed by atoms with Crippen molar-refractivity contribution in [2.75, 3.05) is 0 Å². The van der Waals surface area contributed by atoms with Crippen molar-refractivity contribution in [2.24, 2.45) is 0 Å². The van der Waals surface area contributed by atoms with Gasteiger partial charge in [-0.3, -0.25) is 4.57 Å². The zero-order valence-electron chi connectivity index (χ0n) is 26.0. The number of para-hydroxylation sites is 1. The number of nitrogens with zero attached hydrogens (tertiary/aromatic N) is 3. The molecule has 0 bridgehead atoms. The van der Waals surface area contributed by atoms with Gasteiger partial charge in [-0.15, -0.1) is 0 Å². The minimum Gasteiger partial charge on any atom is -0.277 e. The Bertz CT molecular complexity index is 2740. The van der Waals surface area contributed by atoms with E-state index in [1.807, 2.05) is 11.8 Å². The maximum Gasteiger partial charge on any atom is 0.235 e. The lowest BCUT2D eigenvalue weighted by molar-refractivity contribution is 0.615. The summed E-state index contributed by atoms with van der Waals surface area (Å²) in [5.41, 5.74) is 7.77. The van der Waals surface area contributed by atoms with Gasteiger partial charge >= 0.3 is 0 Å². The maximum absolute atomic E-state index is 5.52. The number of hydrogen-bond acceptors (Lipinski definition) is 3. The van der Waals surface area contributed by atoms with Crippen molar-refractivity contribution < 1.29 is 0 Å². The Balaban J connectivity index is 1.41. The molecule has 47 heavy (non-hydrogen) atoms. The van der Waals surface area contributed by atoms with Gasteiger partial charge in [0.25, 0.3) is 0 Å². The summed E-state index contributed by atoms with van der Waals surface area (Å²) in [4.78, 5) is 13.5. The average Bonchev–Trinajstić information content (AvgIpc) is 3.47. The summed E-state index contributed by atoms with van der Waals surface area (Å²) in [5, 5.41) is 8.46. The van der Waals surface area contributed by atoms with Crippen molar-refractivity contribution in [3.8, 4) is 17.2 Å². The van der Waals surface area contributed by atoms with Crippen molar-refractivity contribution in [3.63, 3.8) is 0 Å². The summed E-state index contributed by atoms with van der Waals surface area (Å²) in [6.45, 7) is 4.75. The number of fused-ring (bicyclic) bond motifs is 12. The van der Waals surface area contributed by atoms with Crippen LogP contribution in [0.25, 0.3) is 71.5 Å². The largest absolute Gasteiger partial charge is 0.277 e. The van der Waals surface area contributed by atoms with E-state index in [2.05, 4.69) is 158 Å². The molecule has 0 N–H and O–H groups in total. The third-order valence-corrected chi connectivity index (χ3v) is 11.2. The van der Waals surface area contributed by atoms with Crippen LogP contribution in [0.3, 0.4) is 0 Å². The molecule has 0 atom stereocenters. The fraction of sp³-hybridized carbons (Fsp3) is 0.0698. The highest BCUT2D eigenvalue weighted by Crippen LogP contribution is 2.55. The van der Waals surface area contributed by atoms with Gasteiger partial charge < -0.3 is 0 Å². The molecule has 0 amide bonds. The third kappa shape index (κ3) is 3.70. The molecule has 3 nitrogen and oxygen atoms in total. The predicted octanol–water partition coefficient (Wildman–Crippen LogP) is 11.5. The Morgan fingerprint density at radius 1 is 0.574 bits per heavy atom. The highest BCUT2D eigenvalue weighted by molar-refractivity contribution is 7.99. The van der Waals surface area contributed by atoms with Crippen LogP contribution in [0.5, 0.6) is 0 Å². The van der Waals surface area contributed by atoms with Crippen LogP contribution in [0.15, 0.2) is 149 Å². The molecule has 1 aliphatic rings. The van der Waals surface area contributed by atoms with E-state index in [4.69, 9.17) is 9.97 Å². The van der Waals surface area contributed by atoms with Crippen LogP contribution in [0.1, 0.15) is 25.0 Å². The van der Waals surface area contributed by atoms with Crippen LogP contribution < -0.4 is 0 Å². The van der Waals surface area contributed by atoms with Gasteiger partial charge in [-0.25, -0.2) is 9.97 Å². The molecule has 10 rings (SSSR count). The van der Waals surface area contributed by atoms with Gasteiger partial charge in [-0.05, 0) is 50.9 Å². The molecule has 0 radical (unpaired) electrons. The first-order valence-electron chi connectivity index (χ1n) is 16.1. The van der Waals surface area contributed by atoms with Gasteiger partial charge in [-0.2, -0.15) is 0 Å². The highest BCUT2D eigenvalue weighted by Gasteiger charge is 2.37. The minimum absolute atomic E-state index is 0.204. The number of hydrogen-bond donors (Lipinski definition) is 0. The summed E-state index contributed by atoms with van der Waals surface area (Å²) in [6, 6.07) is 50.0. The van der Waals surface area contributed by atoms with E-state index in [1.54, 1.807) is 0 Å². The fourth-order valence-electron chi connectivity index (χ4n) is 7.93. The molecule has 0 unspecified atom stereocenters. The monoisotopic (exact) mass is 619 g/mol. The smallest absolute Gasteiger partial charge is 0.235 e. The van der Waals surface area contributed by atoms with Crippen LogP contribution in [-0.4, -0.2) is 14.5 Å². The molecule has 9 aromatic rings. The number of rotatable bonds is 2. The molecule has 0 spiro atoms. The Labute approximate surface area is 276 Å². The molecule has 3 heterocycles. The molecular weight excluding hydrogens is 591 g/mol. The average molecular weight is 620 g/mol. The van der Waals surface area contributed by atoms with Crippen molar-refractivity contribution in [1.82, 2.24) is 14.5 Å². The van der Waals surface area contributed by atoms with Crippen molar-refractivity contribution >= 4 is 66.0 Å². The molecule has 0 saturated heterocycles. The zero-order valence-corrected chi connectivity index (χ0v) is 26.8. The van der Waals surface area contributed by atoms with E-state index >= 15 is 0 Å². The molecule has 0 saturated carbocycles. The first kappa shape index (κ1) is 26.7. The van der Waals surface area contributed by atoms with E-state index in [-0.39, 0.29) is 5.41 Å². The summed E-state index contributed by atoms with van der Waals surface area (Å²) < 4.78 is 2.34. The molecule has 4 heteroatoms. The second kappa shape index (κ2) is 9.78. The topological polar surface area (TPSA) is 30.7 Å². The van der Waals surface area contributed by atoms with Crippen molar-refractivity contribution in [3.05, 3.63) is 151 Å². The van der Waals surface area contributed by atoms with Crippen LogP contribution in [-0.2, 0) is 5.41 Å². The summed E-state index contributed by atoms with van der Waals surface area (Å²) in [7, 11) is 0. The molecule has 222 valence electrons. The maximum atomic E-state index is 5.52. The van der Waals surface area contributed by atoms with Crippen LogP contribution in [0.2, 0.25) is 0 Å². The van der Waals surface area contributed by atoms with Gasteiger partial charge in [0.1, 0.15) is 0 Å². The lowest BCUT2D eigenvalue weighted by atomic mass is 9.75. The Kier molecular flexibility index (Phi) is 5.56. The third-order valence-electron chi connectivity index (χ3n) is 10.0. The number of benzene rings is 7. The minimum atomic E-state index is -0.204. The lowest BCUT2D eigenvalue weighted by Gasteiger charge is -2.36. The molecule has 7 aromatic carbocycles. The van der Waals surface area contributed by atoms with Crippen molar-refractivity contribution in [2.45, 2.75) is 29.1 Å². The molecule has 1 aliphatic heterocycles. The van der Waals surface area contributed by atoms with E-state index in [1.165, 1.54) is 53.4 Å². The summed E-state index contributed by atoms with van der Waals surface area (Å²) in [6.07, 6.45) is 0. The van der Waals surface area contributed by atoms with Gasteiger partial charge in [0.2, 0.25) is 5.95 Å². The number of aromatic nitrogens is 3. The Morgan fingerprint density at radius 3 is 2.11 bits per heavy atom. The molecule has 2 aromatic heterocycles. The second-order valence-corrected chi connectivity index (χ2v) is 14.0. The zero-order chi connectivity index (χ0) is 31.3. The standard InChI is InChI=1S/C43H29N3S/c1-43(2)32-21-11-13-23-35(32)47-41-38(43)30-19-9-8-18-29(30)36-31-20-10-12-22-34(31)46(40(36)41)42-44-33-25-24-26-14-6-7-17-28(26)37(33)39(45-42)27-15-4-3-5-16-27/h3-25H,1-2H3. The van der Waals surface area contributed by atoms with Crippen LogP contribution in [0.4, 0.5) is 0 Å². The molecule has 0 fully saturated rings. The van der Waals surface area contributed by atoms with Gasteiger partial charge in [0.15, 0.2) is 0 Å². The van der Waals surface area contributed by atoms with Gasteiger partial charge in [0, 0.05) is 36.9 Å². The highest BCUT2D eigenvalue weighted by atomic mass is 32.2. The van der Waals surface area contributed by atoms with E-state index in [9.17, 15) is 0 Å². The Morgan fingerprint density at radius 2 is 1.26 bits per heavy atom. The predicted molar refractivity (Wildman–Crippen MR) is 197 cm³/mol. The summed E-state index contributed by atoms with van der Waals surface area (Å²) >= 11 is 1.88. The van der Waals surface area contributed by atoms with E-state index in [0.717, 1.165) is 33.1 Å². The van der Waals surface area contributed by atoms with Crippen LogP contribution >= 0.6 is 11.8 Å². The Hall–Kier alpha value is -5.45. The van der Waals surface area contributed by atoms with E-state index in [0.29, 0.717) is 5.95 Å². The van der Waals surface area contributed by atoms with Crippen molar-refractivity contribution in [1.29, 1.82) is 0 Å². The first-order chi connectivity index (χ1) is 23.1.